The van der Waals surface area contributed by atoms with E-state index >= 15 is 0 Å². The topological polar surface area (TPSA) is 84.7 Å². The molecule has 0 bridgehead atoms. The van der Waals surface area contributed by atoms with E-state index in [4.69, 9.17) is 9.84 Å². The van der Waals surface area contributed by atoms with Crippen LogP contribution in [0.5, 0.6) is 0 Å². The molecule has 0 aliphatic carbocycles. The first-order chi connectivity index (χ1) is 11.1. The molecule has 2 heterocycles. The van der Waals surface area contributed by atoms with Gasteiger partial charge < -0.3 is 14.7 Å². The van der Waals surface area contributed by atoms with Crippen LogP contribution in [-0.4, -0.2) is 50.5 Å². The normalized spacial score (nSPS) is 16.3. The third-order valence-electron chi connectivity index (χ3n) is 4.26. The van der Waals surface area contributed by atoms with E-state index in [0.717, 1.165) is 29.8 Å². The average Bonchev–Trinajstić information content (AvgIpc) is 2.73. The van der Waals surface area contributed by atoms with Gasteiger partial charge in [0.2, 0.25) is 0 Å². The zero-order valence-corrected chi connectivity index (χ0v) is 15.1. The van der Waals surface area contributed by atoms with Gasteiger partial charge >= 0.3 is 12.1 Å². The minimum Gasteiger partial charge on any atom is -0.481 e. The van der Waals surface area contributed by atoms with Crippen molar-refractivity contribution in [3.05, 3.63) is 17.0 Å². The molecule has 134 valence electrons. The van der Waals surface area contributed by atoms with Gasteiger partial charge in [0.25, 0.3) is 0 Å². The van der Waals surface area contributed by atoms with E-state index in [2.05, 4.69) is 5.10 Å². The fourth-order valence-electron chi connectivity index (χ4n) is 3.08. The summed E-state index contributed by atoms with van der Waals surface area (Å²) in [4.78, 5) is 24.8. The highest BCUT2D eigenvalue weighted by Crippen LogP contribution is 2.27. The molecule has 0 spiro atoms. The van der Waals surface area contributed by atoms with Gasteiger partial charge in [0.05, 0.1) is 18.2 Å². The van der Waals surface area contributed by atoms with E-state index in [0.29, 0.717) is 13.1 Å². The fraction of sp³-hybridized carbons (Fsp3) is 0.706. The second kappa shape index (κ2) is 6.83. The summed E-state index contributed by atoms with van der Waals surface area (Å²) in [5, 5.41) is 13.6. The molecule has 24 heavy (non-hydrogen) atoms. The first-order valence-electron chi connectivity index (χ1n) is 8.33. The van der Waals surface area contributed by atoms with Crippen molar-refractivity contribution in [2.24, 2.45) is 0 Å². The first kappa shape index (κ1) is 18.3. The Labute approximate surface area is 142 Å². The van der Waals surface area contributed by atoms with Crippen LogP contribution in [0.2, 0.25) is 0 Å². The number of hydrogen-bond acceptors (Lipinski definition) is 4. The second-order valence-corrected chi connectivity index (χ2v) is 7.36. The van der Waals surface area contributed by atoms with Crippen molar-refractivity contribution >= 4 is 12.1 Å². The van der Waals surface area contributed by atoms with Crippen LogP contribution in [0.3, 0.4) is 0 Å². The number of likely N-dealkylation sites (tertiary alicyclic amines) is 1. The number of hydrogen-bond donors (Lipinski definition) is 1. The van der Waals surface area contributed by atoms with Crippen molar-refractivity contribution in [3.8, 4) is 0 Å². The smallest absolute Gasteiger partial charge is 0.410 e. The first-order valence-corrected chi connectivity index (χ1v) is 8.33. The number of aryl methyl sites for hydroxylation is 1. The fourth-order valence-corrected chi connectivity index (χ4v) is 3.08. The van der Waals surface area contributed by atoms with E-state index in [1.165, 1.54) is 0 Å². The quantitative estimate of drug-likeness (QED) is 0.916. The summed E-state index contributed by atoms with van der Waals surface area (Å²) in [6.45, 7) is 10.6. The molecule has 1 fully saturated rings. The number of carbonyl (C=O) groups is 2. The molecule has 0 saturated carbocycles. The highest BCUT2D eigenvalue weighted by molar-refractivity contribution is 5.71. The third kappa shape index (κ3) is 4.27. The van der Waals surface area contributed by atoms with Crippen molar-refractivity contribution in [2.75, 3.05) is 13.1 Å². The monoisotopic (exact) mass is 337 g/mol. The molecule has 1 amide bonds. The van der Waals surface area contributed by atoms with Gasteiger partial charge in [0, 0.05) is 24.3 Å². The van der Waals surface area contributed by atoms with Crippen LogP contribution in [0.4, 0.5) is 4.79 Å². The molecule has 1 aliphatic heterocycles. The Morgan fingerprint density at radius 2 is 1.83 bits per heavy atom. The molecule has 1 aromatic heterocycles. The van der Waals surface area contributed by atoms with Gasteiger partial charge in [-0.15, -0.1) is 0 Å². The molecular weight excluding hydrogens is 310 g/mol. The van der Waals surface area contributed by atoms with Crippen LogP contribution in [0, 0.1) is 13.8 Å². The summed E-state index contributed by atoms with van der Waals surface area (Å²) in [6.07, 6.45) is 1.29. The van der Waals surface area contributed by atoms with Gasteiger partial charge in [0.1, 0.15) is 5.60 Å². The van der Waals surface area contributed by atoms with Crippen molar-refractivity contribution < 1.29 is 19.4 Å². The molecule has 0 radical (unpaired) electrons. The maximum absolute atomic E-state index is 12.1. The number of aromatic nitrogens is 2. The van der Waals surface area contributed by atoms with Gasteiger partial charge in [-0.05, 0) is 47.5 Å². The molecule has 7 heteroatoms. The summed E-state index contributed by atoms with van der Waals surface area (Å²) < 4.78 is 7.34. The maximum Gasteiger partial charge on any atom is 0.410 e. The van der Waals surface area contributed by atoms with Crippen LogP contribution < -0.4 is 0 Å². The van der Waals surface area contributed by atoms with Gasteiger partial charge in [-0.25, -0.2) is 4.79 Å². The van der Waals surface area contributed by atoms with Crippen LogP contribution in [0.25, 0.3) is 0 Å². The van der Waals surface area contributed by atoms with Crippen molar-refractivity contribution in [1.82, 2.24) is 14.7 Å². The summed E-state index contributed by atoms with van der Waals surface area (Å²) in [5.41, 5.74) is 1.97. The molecule has 1 aliphatic rings. The highest BCUT2D eigenvalue weighted by Gasteiger charge is 2.29. The summed E-state index contributed by atoms with van der Waals surface area (Å²) >= 11 is 0. The van der Waals surface area contributed by atoms with Gasteiger partial charge in [-0.3, -0.25) is 9.48 Å². The number of ether oxygens (including phenoxy) is 1. The predicted octanol–water partition coefficient (Wildman–Crippen LogP) is 2.70. The summed E-state index contributed by atoms with van der Waals surface area (Å²) in [6, 6.07) is 0.185. The number of amides is 1. The SMILES string of the molecule is Cc1nn(C2CCN(C(=O)OC(C)(C)C)CC2)c(C)c1CC(=O)O. The number of aliphatic carboxylic acids is 1. The number of carbonyl (C=O) groups excluding carboxylic acids is 1. The van der Waals surface area contributed by atoms with Crippen molar-refractivity contribution in [1.29, 1.82) is 0 Å². The van der Waals surface area contributed by atoms with E-state index in [-0.39, 0.29) is 18.6 Å². The molecule has 0 atom stereocenters. The lowest BCUT2D eigenvalue weighted by Crippen LogP contribution is -2.42. The highest BCUT2D eigenvalue weighted by atomic mass is 16.6. The zero-order chi connectivity index (χ0) is 18.1. The molecule has 0 aromatic carbocycles. The average molecular weight is 337 g/mol. The van der Waals surface area contributed by atoms with Crippen LogP contribution in [0.15, 0.2) is 0 Å². The Morgan fingerprint density at radius 3 is 2.33 bits per heavy atom. The minimum atomic E-state index is -0.847. The third-order valence-corrected chi connectivity index (χ3v) is 4.26. The molecule has 2 rings (SSSR count). The Hall–Kier alpha value is -2.05. The largest absolute Gasteiger partial charge is 0.481 e. The maximum atomic E-state index is 12.1. The number of piperidine rings is 1. The number of carboxylic acids is 1. The zero-order valence-electron chi connectivity index (χ0n) is 15.1. The molecular formula is C17H27N3O4. The van der Waals surface area contributed by atoms with Gasteiger partial charge in [-0.1, -0.05) is 0 Å². The summed E-state index contributed by atoms with van der Waals surface area (Å²) in [7, 11) is 0. The van der Waals surface area contributed by atoms with Gasteiger partial charge in [-0.2, -0.15) is 5.10 Å². The Kier molecular flexibility index (Phi) is 5.20. The molecule has 1 N–H and O–H groups in total. The summed E-state index contributed by atoms with van der Waals surface area (Å²) in [5.74, 6) is -0.847. The van der Waals surface area contributed by atoms with E-state index < -0.39 is 11.6 Å². The molecule has 1 saturated heterocycles. The number of nitrogens with zero attached hydrogens (tertiary/aromatic N) is 3. The standard InChI is InChI=1S/C17H27N3O4/c1-11-14(10-15(21)22)12(2)20(18-11)13-6-8-19(9-7-13)16(23)24-17(3,4)5/h13H,6-10H2,1-5H3,(H,21,22). The molecule has 1 aromatic rings. The van der Waals surface area contributed by atoms with Gasteiger partial charge in [0.15, 0.2) is 0 Å². The molecule has 7 nitrogen and oxygen atoms in total. The lowest BCUT2D eigenvalue weighted by molar-refractivity contribution is -0.136. The lowest BCUT2D eigenvalue weighted by atomic mass is 10.0. The van der Waals surface area contributed by atoms with Crippen LogP contribution in [0.1, 0.15) is 56.6 Å². The Bertz CT molecular complexity index is 623. The van der Waals surface area contributed by atoms with Crippen LogP contribution in [-0.2, 0) is 16.0 Å². The lowest BCUT2D eigenvalue weighted by Gasteiger charge is -2.34. The van der Waals surface area contributed by atoms with E-state index in [9.17, 15) is 9.59 Å². The van der Waals surface area contributed by atoms with Crippen molar-refractivity contribution in [2.45, 2.75) is 65.5 Å². The van der Waals surface area contributed by atoms with E-state index in [1.807, 2.05) is 39.3 Å². The predicted molar refractivity (Wildman–Crippen MR) is 89.1 cm³/mol. The van der Waals surface area contributed by atoms with E-state index in [1.54, 1.807) is 4.90 Å². The Morgan fingerprint density at radius 1 is 1.25 bits per heavy atom. The minimum absolute atomic E-state index is 0.00554. The Balaban J connectivity index is 2.02. The molecule has 0 unspecified atom stereocenters. The van der Waals surface area contributed by atoms with Crippen molar-refractivity contribution in [3.63, 3.8) is 0 Å². The number of carboxylic acid groups (broad SMARTS) is 1. The van der Waals surface area contributed by atoms with Crippen LogP contribution >= 0.6 is 0 Å². The number of rotatable bonds is 3. The second-order valence-electron chi connectivity index (χ2n) is 7.36.